The molecule has 0 unspecified atom stereocenters. The van der Waals surface area contributed by atoms with E-state index in [4.69, 9.17) is 0 Å². The van der Waals surface area contributed by atoms with Gasteiger partial charge in [0.15, 0.2) is 5.82 Å². The highest BCUT2D eigenvalue weighted by atomic mass is 15.2. The molecule has 1 saturated heterocycles. The minimum atomic E-state index is 0.392. The Balaban J connectivity index is 1.53. The van der Waals surface area contributed by atoms with E-state index < -0.39 is 0 Å². The normalized spacial score (nSPS) is 22.5. The molecule has 2 aromatic heterocycles. The van der Waals surface area contributed by atoms with Gasteiger partial charge in [-0.1, -0.05) is 0 Å². The molecule has 2 aromatic rings. The minimum Gasteiger partial charge on any atom is -0.356 e. The van der Waals surface area contributed by atoms with E-state index in [1.54, 1.807) is 6.33 Å². The summed E-state index contributed by atoms with van der Waals surface area (Å²) in [7, 11) is 0. The Labute approximate surface area is 124 Å². The van der Waals surface area contributed by atoms with Crippen LogP contribution in [0.25, 0.3) is 0 Å². The van der Waals surface area contributed by atoms with Gasteiger partial charge >= 0.3 is 0 Å². The topological polar surface area (TPSA) is 70.6 Å². The lowest BCUT2D eigenvalue weighted by atomic mass is 9.97. The standard InChI is InChI=1S/C15H20N6/c1-10-18-15(20-19-10)12-3-2-6-21(8-12)14-7-13(11-4-5-11)16-9-17-14/h7,9,11-12H,2-6,8H2,1H3,(H,18,19,20)/t12-/m1/s1. The SMILES string of the molecule is Cc1nc([C@@H]2CCCN(c3cc(C4CC4)ncn3)C2)n[nH]1. The fourth-order valence-corrected chi connectivity index (χ4v) is 3.08. The van der Waals surface area contributed by atoms with Gasteiger partial charge in [0.1, 0.15) is 18.0 Å². The number of aromatic nitrogens is 5. The van der Waals surface area contributed by atoms with Crippen molar-refractivity contribution in [1.82, 2.24) is 25.1 Å². The van der Waals surface area contributed by atoms with Gasteiger partial charge in [-0.25, -0.2) is 15.0 Å². The number of hydrogen-bond acceptors (Lipinski definition) is 5. The lowest BCUT2D eigenvalue weighted by Crippen LogP contribution is -2.35. The first-order valence-corrected chi connectivity index (χ1v) is 7.75. The molecule has 0 amide bonds. The summed E-state index contributed by atoms with van der Waals surface area (Å²) >= 11 is 0. The van der Waals surface area contributed by atoms with Gasteiger partial charge in [-0.05, 0) is 32.6 Å². The van der Waals surface area contributed by atoms with Gasteiger partial charge in [-0.2, -0.15) is 5.10 Å². The number of rotatable bonds is 3. The number of H-pyrrole nitrogens is 1. The molecular formula is C15H20N6. The van der Waals surface area contributed by atoms with Crippen LogP contribution in [0.1, 0.15) is 54.9 Å². The van der Waals surface area contributed by atoms with Crippen molar-refractivity contribution >= 4 is 5.82 Å². The molecule has 4 rings (SSSR count). The van der Waals surface area contributed by atoms with Crippen molar-refractivity contribution in [2.45, 2.75) is 44.4 Å². The summed E-state index contributed by atoms with van der Waals surface area (Å²) in [4.78, 5) is 15.7. The Bertz CT molecular complexity index is 633. The maximum atomic E-state index is 4.49. The van der Waals surface area contributed by atoms with Crippen molar-refractivity contribution in [3.63, 3.8) is 0 Å². The van der Waals surface area contributed by atoms with Crippen LogP contribution in [-0.2, 0) is 0 Å². The number of aryl methyl sites for hydroxylation is 1. The van der Waals surface area contributed by atoms with Crippen molar-refractivity contribution in [3.05, 3.63) is 29.7 Å². The van der Waals surface area contributed by atoms with Crippen LogP contribution in [0.5, 0.6) is 0 Å². The molecule has 21 heavy (non-hydrogen) atoms. The summed E-state index contributed by atoms with van der Waals surface area (Å²) < 4.78 is 0. The first-order valence-electron chi connectivity index (χ1n) is 7.75. The highest BCUT2D eigenvalue weighted by Gasteiger charge is 2.28. The maximum Gasteiger partial charge on any atom is 0.155 e. The van der Waals surface area contributed by atoms with Crippen LogP contribution >= 0.6 is 0 Å². The Morgan fingerprint density at radius 1 is 1.19 bits per heavy atom. The predicted octanol–water partition coefficient (Wildman–Crippen LogP) is 2.16. The molecule has 1 aliphatic carbocycles. The third kappa shape index (κ3) is 2.62. The smallest absolute Gasteiger partial charge is 0.155 e. The highest BCUT2D eigenvalue weighted by molar-refractivity contribution is 5.41. The molecule has 1 saturated carbocycles. The van der Waals surface area contributed by atoms with Crippen LogP contribution in [0.15, 0.2) is 12.4 Å². The maximum absolute atomic E-state index is 4.49. The van der Waals surface area contributed by atoms with E-state index in [1.165, 1.54) is 18.5 Å². The van der Waals surface area contributed by atoms with E-state index >= 15 is 0 Å². The molecule has 3 heterocycles. The summed E-state index contributed by atoms with van der Waals surface area (Å²) in [6.45, 7) is 3.95. The van der Waals surface area contributed by atoms with Gasteiger partial charge in [0.05, 0.1) is 0 Å². The second kappa shape index (κ2) is 5.09. The molecule has 1 aliphatic heterocycles. The fraction of sp³-hybridized carbons (Fsp3) is 0.600. The third-order valence-corrected chi connectivity index (χ3v) is 4.39. The van der Waals surface area contributed by atoms with Crippen molar-refractivity contribution in [2.24, 2.45) is 0 Å². The van der Waals surface area contributed by atoms with Crippen molar-refractivity contribution in [3.8, 4) is 0 Å². The number of aromatic amines is 1. The molecule has 0 radical (unpaired) electrons. The second-order valence-corrected chi connectivity index (χ2v) is 6.14. The lowest BCUT2D eigenvalue weighted by molar-refractivity contribution is 0.489. The predicted molar refractivity (Wildman–Crippen MR) is 79.3 cm³/mol. The average Bonchev–Trinajstić information content (AvgIpc) is 3.29. The Morgan fingerprint density at radius 3 is 2.86 bits per heavy atom. The molecule has 2 fully saturated rings. The second-order valence-electron chi connectivity index (χ2n) is 6.14. The molecule has 0 spiro atoms. The van der Waals surface area contributed by atoms with Crippen LogP contribution in [0.3, 0.4) is 0 Å². The van der Waals surface area contributed by atoms with E-state index in [0.717, 1.165) is 43.4 Å². The monoisotopic (exact) mass is 284 g/mol. The summed E-state index contributed by atoms with van der Waals surface area (Å²) in [5.41, 5.74) is 1.20. The fourth-order valence-electron chi connectivity index (χ4n) is 3.08. The van der Waals surface area contributed by atoms with Crippen LogP contribution in [0.2, 0.25) is 0 Å². The molecule has 2 aliphatic rings. The van der Waals surface area contributed by atoms with Crippen LogP contribution < -0.4 is 4.90 Å². The lowest BCUT2D eigenvalue weighted by Gasteiger charge is -2.32. The third-order valence-electron chi connectivity index (χ3n) is 4.39. The first kappa shape index (κ1) is 12.7. The molecular weight excluding hydrogens is 264 g/mol. The molecule has 0 aromatic carbocycles. The molecule has 0 bridgehead atoms. The van der Waals surface area contributed by atoms with E-state index in [9.17, 15) is 0 Å². The van der Waals surface area contributed by atoms with E-state index in [0.29, 0.717) is 11.8 Å². The van der Waals surface area contributed by atoms with E-state index in [2.05, 4.69) is 36.1 Å². The number of hydrogen-bond donors (Lipinski definition) is 1. The summed E-state index contributed by atoms with van der Waals surface area (Å²) in [6, 6.07) is 2.17. The van der Waals surface area contributed by atoms with Gasteiger partial charge in [0, 0.05) is 36.7 Å². The molecule has 110 valence electrons. The summed E-state index contributed by atoms with van der Waals surface area (Å²) in [5, 5.41) is 7.28. The molecule has 6 heteroatoms. The quantitative estimate of drug-likeness (QED) is 0.935. The zero-order valence-electron chi connectivity index (χ0n) is 12.3. The average molecular weight is 284 g/mol. The van der Waals surface area contributed by atoms with Gasteiger partial charge in [-0.15, -0.1) is 0 Å². The van der Waals surface area contributed by atoms with Crippen molar-refractivity contribution < 1.29 is 0 Å². The Kier molecular flexibility index (Phi) is 3.09. The first-order chi connectivity index (χ1) is 10.3. The largest absolute Gasteiger partial charge is 0.356 e. The summed E-state index contributed by atoms with van der Waals surface area (Å²) in [5.74, 6) is 3.95. The van der Waals surface area contributed by atoms with Gasteiger partial charge < -0.3 is 4.90 Å². The van der Waals surface area contributed by atoms with E-state index in [-0.39, 0.29) is 0 Å². The number of anilines is 1. The highest BCUT2D eigenvalue weighted by Crippen LogP contribution is 2.39. The minimum absolute atomic E-state index is 0.392. The number of nitrogens with one attached hydrogen (secondary N) is 1. The molecule has 1 atom stereocenters. The van der Waals surface area contributed by atoms with E-state index in [1.807, 2.05) is 6.92 Å². The van der Waals surface area contributed by atoms with Crippen molar-refractivity contribution in [1.29, 1.82) is 0 Å². The zero-order chi connectivity index (χ0) is 14.2. The zero-order valence-corrected chi connectivity index (χ0v) is 12.3. The molecule has 1 N–H and O–H groups in total. The van der Waals surface area contributed by atoms with Gasteiger partial charge in [0.2, 0.25) is 0 Å². The Morgan fingerprint density at radius 2 is 2.10 bits per heavy atom. The van der Waals surface area contributed by atoms with Gasteiger partial charge in [-0.3, -0.25) is 5.10 Å². The Hall–Kier alpha value is -1.98. The number of piperidine rings is 1. The molecule has 6 nitrogen and oxygen atoms in total. The van der Waals surface area contributed by atoms with Crippen molar-refractivity contribution in [2.75, 3.05) is 18.0 Å². The summed E-state index contributed by atoms with van der Waals surface area (Å²) in [6.07, 6.45) is 6.56. The van der Waals surface area contributed by atoms with Crippen LogP contribution in [0, 0.1) is 6.92 Å². The van der Waals surface area contributed by atoms with Crippen LogP contribution in [0.4, 0.5) is 5.82 Å². The van der Waals surface area contributed by atoms with Crippen LogP contribution in [-0.4, -0.2) is 38.2 Å². The number of nitrogens with zero attached hydrogens (tertiary/aromatic N) is 5. The van der Waals surface area contributed by atoms with Gasteiger partial charge in [0.25, 0.3) is 0 Å².